The molecule has 0 amide bonds. The Morgan fingerprint density at radius 1 is 1.30 bits per heavy atom. The SMILES string of the molecule is CCc1ccc(OCc2nnc(SC(C)C(=O)OC)n2C)cc1. The fourth-order valence-corrected chi connectivity index (χ4v) is 2.77. The summed E-state index contributed by atoms with van der Waals surface area (Å²) in [7, 11) is 3.23. The molecule has 7 heteroatoms. The second-order valence-corrected chi connectivity index (χ2v) is 6.34. The Bertz CT molecular complexity index is 655. The minimum absolute atomic E-state index is 0.285. The monoisotopic (exact) mass is 335 g/mol. The van der Waals surface area contributed by atoms with E-state index in [1.807, 2.05) is 35.9 Å². The zero-order chi connectivity index (χ0) is 16.8. The molecule has 2 aromatic rings. The molecule has 6 nitrogen and oxygen atoms in total. The van der Waals surface area contributed by atoms with Gasteiger partial charge < -0.3 is 14.0 Å². The van der Waals surface area contributed by atoms with Crippen LogP contribution in [0.2, 0.25) is 0 Å². The van der Waals surface area contributed by atoms with Crippen LogP contribution in [0.1, 0.15) is 25.2 Å². The summed E-state index contributed by atoms with van der Waals surface area (Å²) in [4.78, 5) is 11.5. The van der Waals surface area contributed by atoms with E-state index in [2.05, 4.69) is 17.1 Å². The number of aromatic nitrogens is 3. The van der Waals surface area contributed by atoms with Gasteiger partial charge in [-0.1, -0.05) is 30.8 Å². The van der Waals surface area contributed by atoms with E-state index in [0.29, 0.717) is 17.6 Å². The van der Waals surface area contributed by atoms with Gasteiger partial charge in [0, 0.05) is 7.05 Å². The third-order valence-corrected chi connectivity index (χ3v) is 4.55. The van der Waals surface area contributed by atoms with Crippen molar-refractivity contribution in [1.82, 2.24) is 14.8 Å². The number of hydrogen-bond acceptors (Lipinski definition) is 6. The summed E-state index contributed by atoms with van der Waals surface area (Å²) >= 11 is 1.31. The van der Waals surface area contributed by atoms with Crippen LogP contribution in [0.3, 0.4) is 0 Å². The molecule has 0 spiro atoms. The number of hydrogen-bond donors (Lipinski definition) is 0. The maximum Gasteiger partial charge on any atom is 0.318 e. The van der Waals surface area contributed by atoms with Crippen molar-refractivity contribution >= 4 is 17.7 Å². The van der Waals surface area contributed by atoms with Crippen LogP contribution in [-0.4, -0.2) is 33.1 Å². The van der Waals surface area contributed by atoms with E-state index in [1.54, 1.807) is 6.92 Å². The van der Waals surface area contributed by atoms with Gasteiger partial charge in [-0.2, -0.15) is 0 Å². The summed E-state index contributed by atoms with van der Waals surface area (Å²) in [5.74, 6) is 1.21. The van der Waals surface area contributed by atoms with Crippen LogP contribution in [0.4, 0.5) is 0 Å². The van der Waals surface area contributed by atoms with Crippen LogP contribution in [0.15, 0.2) is 29.4 Å². The van der Waals surface area contributed by atoms with E-state index in [0.717, 1.165) is 12.2 Å². The Kier molecular flexibility index (Phi) is 6.04. The number of rotatable bonds is 7. The molecule has 1 unspecified atom stereocenters. The largest absolute Gasteiger partial charge is 0.486 e. The first-order valence-electron chi connectivity index (χ1n) is 7.39. The van der Waals surface area contributed by atoms with E-state index in [-0.39, 0.29) is 11.2 Å². The van der Waals surface area contributed by atoms with Crippen molar-refractivity contribution in [2.24, 2.45) is 7.05 Å². The molecule has 0 aliphatic carbocycles. The summed E-state index contributed by atoms with van der Waals surface area (Å²) in [5.41, 5.74) is 1.27. The molecule has 1 aromatic heterocycles. The number of carbonyl (C=O) groups is 1. The fraction of sp³-hybridized carbons (Fsp3) is 0.438. The first kappa shape index (κ1) is 17.3. The third kappa shape index (κ3) is 4.48. The lowest BCUT2D eigenvalue weighted by Crippen LogP contribution is -2.15. The second kappa shape index (κ2) is 8.01. The maximum atomic E-state index is 11.5. The Morgan fingerprint density at radius 3 is 2.61 bits per heavy atom. The molecular formula is C16H21N3O3S. The topological polar surface area (TPSA) is 66.2 Å². The third-order valence-electron chi connectivity index (χ3n) is 3.44. The van der Waals surface area contributed by atoms with Crippen LogP contribution in [-0.2, 0) is 29.6 Å². The van der Waals surface area contributed by atoms with Gasteiger partial charge in [0.1, 0.15) is 17.6 Å². The highest BCUT2D eigenvalue weighted by atomic mass is 32.2. The van der Waals surface area contributed by atoms with Crippen LogP contribution < -0.4 is 4.74 Å². The summed E-state index contributed by atoms with van der Waals surface area (Å²) in [5, 5.41) is 8.54. The molecule has 0 radical (unpaired) electrons. The zero-order valence-electron chi connectivity index (χ0n) is 13.8. The molecule has 1 atom stereocenters. The zero-order valence-corrected chi connectivity index (χ0v) is 14.6. The van der Waals surface area contributed by atoms with E-state index < -0.39 is 0 Å². The van der Waals surface area contributed by atoms with Gasteiger partial charge in [0.15, 0.2) is 11.0 Å². The Hall–Kier alpha value is -2.02. The van der Waals surface area contributed by atoms with Crippen molar-refractivity contribution in [2.75, 3.05) is 7.11 Å². The molecule has 1 heterocycles. The molecule has 0 fully saturated rings. The number of methoxy groups -OCH3 is 1. The lowest BCUT2D eigenvalue weighted by atomic mass is 10.2. The van der Waals surface area contributed by atoms with Gasteiger partial charge in [-0.3, -0.25) is 4.79 Å². The first-order chi connectivity index (χ1) is 11.0. The molecule has 0 aliphatic heterocycles. The molecule has 0 saturated carbocycles. The molecule has 0 bridgehead atoms. The number of benzene rings is 1. The van der Waals surface area contributed by atoms with E-state index in [9.17, 15) is 4.79 Å². The maximum absolute atomic E-state index is 11.5. The van der Waals surface area contributed by atoms with E-state index >= 15 is 0 Å². The van der Waals surface area contributed by atoms with Crippen molar-refractivity contribution < 1.29 is 14.3 Å². The molecule has 23 heavy (non-hydrogen) atoms. The fourth-order valence-electron chi connectivity index (χ4n) is 1.91. The summed E-state index contributed by atoms with van der Waals surface area (Å²) in [6, 6.07) is 7.99. The van der Waals surface area contributed by atoms with Crippen LogP contribution in [0, 0.1) is 0 Å². The van der Waals surface area contributed by atoms with Gasteiger partial charge in [0.2, 0.25) is 0 Å². The first-order valence-corrected chi connectivity index (χ1v) is 8.27. The van der Waals surface area contributed by atoms with Crippen LogP contribution in [0.5, 0.6) is 5.75 Å². The van der Waals surface area contributed by atoms with Gasteiger partial charge in [-0.15, -0.1) is 10.2 Å². The minimum Gasteiger partial charge on any atom is -0.486 e. The molecule has 1 aromatic carbocycles. The Labute approximate surface area is 140 Å². The van der Waals surface area contributed by atoms with Crippen molar-refractivity contribution in [3.63, 3.8) is 0 Å². The predicted molar refractivity (Wildman–Crippen MR) is 88.5 cm³/mol. The number of aryl methyl sites for hydroxylation is 1. The summed E-state index contributed by atoms with van der Waals surface area (Å²) < 4.78 is 12.3. The summed E-state index contributed by atoms with van der Waals surface area (Å²) in [6.45, 7) is 4.21. The molecule has 0 N–H and O–H groups in total. The Balaban J connectivity index is 1.97. The number of ether oxygens (including phenoxy) is 2. The van der Waals surface area contributed by atoms with Gasteiger partial charge in [-0.05, 0) is 31.0 Å². The smallest absolute Gasteiger partial charge is 0.318 e. The Morgan fingerprint density at radius 2 is 2.00 bits per heavy atom. The van der Waals surface area contributed by atoms with Crippen LogP contribution >= 0.6 is 11.8 Å². The van der Waals surface area contributed by atoms with E-state index in [4.69, 9.17) is 9.47 Å². The van der Waals surface area contributed by atoms with Crippen molar-refractivity contribution in [1.29, 1.82) is 0 Å². The highest BCUT2D eigenvalue weighted by Gasteiger charge is 2.19. The molecular weight excluding hydrogens is 314 g/mol. The van der Waals surface area contributed by atoms with Gasteiger partial charge in [0.05, 0.1) is 7.11 Å². The normalized spacial score (nSPS) is 12.0. The molecule has 124 valence electrons. The average Bonchev–Trinajstić information content (AvgIpc) is 2.92. The molecule has 0 saturated heterocycles. The van der Waals surface area contributed by atoms with Crippen molar-refractivity contribution in [3.05, 3.63) is 35.7 Å². The van der Waals surface area contributed by atoms with E-state index in [1.165, 1.54) is 24.4 Å². The van der Waals surface area contributed by atoms with Gasteiger partial charge in [0.25, 0.3) is 0 Å². The number of esters is 1. The van der Waals surface area contributed by atoms with Crippen molar-refractivity contribution in [3.8, 4) is 5.75 Å². The lowest BCUT2D eigenvalue weighted by Gasteiger charge is -2.09. The van der Waals surface area contributed by atoms with Gasteiger partial charge >= 0.3 is 5.97 Å². The second-order valence-electron chi connectivity index (χ2n) is 5.03. The number of nitrogens with zero attached hydrogens (tertiary/aromatic N) is 3. The number of thioether (sulfide) groups is 1. The molecule has 2 rings (SSSR count). The number of carbonyl (C=O) groups excluding carboxylic acids is 1. The predicted octanol–water partition coefficient (Wildman–Crippen LogP) is 2.61. The van der Waals surface area contributed by atoms with Crippen LogP contribution in [0.25, 0.3) is 0 Å². The minimum atomic E-state index is -0.335. The standard InChI is InChI=1S/C16H21N3O3S/c1-5-12-6-8-13(9-7-12)22-10-14-17-18-16(19(14)3)23-11(2)15(20)21-4/h6-9,11H,5,10H2,1-4H3. The molecule has 0 aliphatic rings. The van der Waals surface area contributed by atoms with Crippen molar-refractivity contribution in [2.45, 2.75) is 37.3 Å². The average molecular weight is 335 g/mol. The summed E-state index contributed by atoms with van der Waals surface area (Å²) in [6.07, 6.45) is 1.00. The highest BCUT2D eigenvalue weighted by Crippen LogP contribution is 2.22. The van der Waals surface area contributed by atoms with Gasteiger partial charge in [-0.25, -0.2) is 0 Å². The quantitative estimate of drug-likeness (QED) is 0.572. The lowest BCUT2D eigenvalue weighted by molar-refractivity contribution is -0.139. The highest BCUT2D eigenvalue weighted by molar-refractivity contribution is 8.00.